The lowest BCUT2D eigenvalue weighted by Gasteiger charge is -2.11. The van der Waals surface area contributed by atoms with Gasteiger partial charge in [0, 0.05) is 30.1 Å². The van der Waals surface area contributed by atoms with Crippen LogP contribution in [0.2, 0.25) is 0 Å². The van der Waals surface area contributed by atoms with Gasteiger partial charge in [-0.1, -0.05) is 0 Å². The molecule has 0 amide bonds. The largest absolute Gasteiger partial charge is 0.507 e. The second kappa shape index (κ2) is 6.71. The zero-order chi connectivity index (χ0) is 16.1. The maximum Gasteiger partial charge on any atom is 0.178 e. The van der Waals surface area contributed by atoms with Gasteiger partial charge in [-0.2, -0.15) is 0 Å². The molecule has 1 aromatic heterocycles. The molecule has 114 valence electrons. The van der Waals surface area contributed by atoms with E-state index in [4.69, 9.17) is 9.47 Å². The lowest BCUT2D eigenvalue weighted by molar-refractivity contribution is 0.0891. The first-order chi connectivity index (χ1) is 10.6. The van der Waals surface area contributed by atoms with E-state index < -0.39 is 5.78 Å². The Hall–Kier alpha value is -2.89. The van der Waals surface area contributed by atoms with Crippen molar-refractivity contribution in [2.24, 2.45) is 0 Å². The lowest BCUT2D eigenvalue weighted by Crippen LogP contribution is -2.10. The monoisotopic (exact) mass is 301 g/mol. The minimum atomic E-state index is -0.536. The molecule has 0 bridgehead atoms. The van der Waals surface area contributed by atoms with Crippen LogP contribution < -0.4 is 9.47 Å². The average molecular weight is 301 g/mol. The highest BCUT2D eigenvalue weighted by atomic mass is 16.5. The van der Waals surface area contributed by atoms with Crippen LogP contribution in [0.5, 0.6) is 17.2 Å². The van der Waals surface area contributed by atoms with Crippen LogP contribution in [0.25, 0.3) is 0 Å². The Kier molecular flexibility index (Phi) is 4.73. The van der Waals surface area contributed by atoms with E-state index in [0.29, 0.717) is 11.3 Å². The summed E-state index contributed by atoms with van der Waals surface area (Å²) in [5, 5.41) is 9.98. The van der Waals surface area contributed by atoms with Gasteiger partial charge in [-0.3, -0.25) is 14.6 Å². The summed E-state index contributed by atoms with van der Waals surface area (Å²) < 4.78 is 10.1. The van der Waals surface area contributed by atoms with Crippen molar-refractivity contribution in [2.45, 2.75) is 6.42 Å². The smallest absolute Gasteiger partial charge is 0.178 e. The number of phenolic OH excluding ortho intramolecular Hbond substituents is 1. The number of ether oxygens (including phenoxy) is 2. The first-order valence-corrected chi connectivity index (χ1v) is 6.48. The Balaban J connectivity index is 2.28. The number of aromatic nitrogens is 1. The molecule has 0 spiro atoms. The molecule has 0 aliphatic rings. The summed E-state index contributed by atoms with van der Waals surface area (Å²) in [5.41, 5.74) is 0.295. The Morgan fingerprint density at radius 1 is 1.18 bits per heavy atom. The zero-order valence-electron chi connectivity index (χ0n) is 12.2. The highest BCUT2D eigenvalue weighted by Gasteiger charge is 2.22. The number of Topliss-reactive ketones (excluding diaryl/α,β-unsaturated/α-hetero) is 2. The lowest BCUT2D eigenvalue weighted by atomic mass is 10.0. The van der Waals surface area contributed by atoms with Gasteiger partial charge in [-0.05, 0) is 12.1 Å². The van der Waals surface area contributed by atoms with Gasteiger partial charge in [-0.25, -0.2) is 0 Å². The van der Waals surface area contributed by atoms with Gasteiger partial charge in [0.2, 0.25) is 0 Å². The SMILES string of the molecule is COc1cc(O)c(C(=O)CC(=O)c2cccnc2)c(OC)c1. The average Bonchev–Trinajstić information content (AvgIpc) is 2.54. The number of aromatic hydroxyl groups is 1. The molecule has 0 aliphatic heterocycles. The third-order valence-electron chi connectivity index (χ3n) is 3.09. The standard InChI is InChI=1S/C16H15NO5/c1-21-11-6-13(19)16(15(7-11)22-2)14(20)8-12(18)10-4-3-5-17-9-10/h3-7,9,19H,8H2,1-2H3. The second-order valence-corrected chi connectivity index (χ2v) is 4.49. The summed E-state index contributed by atoms with van der Waals surface area (Å²) in [6, 6.07) is 5.96. The predicted molar refractivity (Wildman–Crippen MR) is 78.7 cm³/mol. The van der Waals surface area contributed by atoms with E-state index in [1.54, 1.807) is 12.1 Å². The molecule has 0 atom stereocenters. The number of hydrogen-bond acceptors (Lipinski definition) is 6. The highest BCUT2D eigenvalue weighted by molar-refractivity contribution is 6.15. The van der Waals surface area contributed by atoms with Crippen LogP contribution in [0.15, 0.2) is 36.7 Å². The summed E-state index contributed by atoms with van der Waals surface area (Å²) in [7, 11) is 2.80. The van der Waals surface area contributed by atoms with Crippen LogP contribution in [-0.4, -0.2) is 35.9 Å². The van der Waals surface area contributed by atoms with E-state index in [1.165, 1.54) is 38.7 Å². The number of rotatable bonds is 6. The molecular formula is C16H15NO5. The molecule has 1 N–H and O–H groups in total. The third kappa shape index (κ3) is 3.22. The van der Waals surface area contributed by atoms with Gasteiger partial charge in [0.05, 0.1) is 20.6 Å². The number of pyridine rings is 1. The molecule has 0 radical (unpaired) electrons. The molecular weight excluding hydrogens is 286 g/mol. The number of carbonyl (C=O) groups is 2. The molecule has 1 aromatic carbocycles. The van der Waals surface area contributed by atoms with Crippen molar-refractivity contribution in [2.75, 3.05) is 14.2 Å². The van der Waals surface area contributed by atoms with Gasteiger partial charge < -0.3 is 14.6 Å². The number of hydrogen-bond donors (Lipinski definition) is 1. The molecule has 0 saturated carbocycles. The molecule has 6 heteroatoms. The Labute approximate surface area is 127 Å². The molecule has 1 heterocycles. The van der Waals surface area contributed by atoms with Crippen molar-refractivity contribution in [1.82, 2.24) is 4.98 Å². The third-order valence-corrected chi connectivity index (χ3v) is 3.09. The fourth-order valence-electron chi connectivity index (χ4n) is 2.00. The van der Waals surface area contributed by atoms with Gasteiger partial charge in [0.1, 0.15) is 22.8 Å². The van der Waals surface area contributed by atoms with E-state index in [0.717, 1.165) is 0 Å². The zero-order valence-corrected chi connectivity index (χ0v) is 12.2. The summed E-state index contributed by atoms with van der Waals surface area (Å²) in [6.45, 7) is 0. The van der Waals surface area contributed by atoms with Crippen molar-refractivity contribution in [3.05, 3.63) is 47.8 Å². The van der Waals surface area contributed by atoms with Crippen LogP contribution in [0.3, 0.4) is 0 Å². The summed E-state index contributed by atoms with van der Waals surface area (Å²) in [4.78, 5) is 28.2. The first-order valence-electron chi connectivity index (χ1n) is 6.48. The minimum Gasteiger partial charge on any atom is -0.507 e. The molecule has 2 aromatic rings. The number of nitrogens with zero attached hydrogens (tertiary/aromatic N) is 1. The number of benzene rings is 1. The molecule has 0 fully saturated rings. The second-order valence-electron chi connectivity index (χ2n) is 4.49. The number of methoxy groups -OCH3 is 2. The van der Waals surface area contributed by atoms with E-state index in [1.807, 2.05) is 0 Å². The number of phenols is 1. The van der Waals surface area contributed by atoms with Gasteiger partial charge in [0.25, 0.3) is 0 Å². The molecule has 0 aliphatic carbocycles. The van der Waals surface area contributed by atoms with Gasteiger partial charge >= 0.3 is 0 Å². The molecule has 2 rings (SSSR count). The van der Waals surface area contributed by atoms with Gasteiger partial charge in [0.15, 0.2) is 11.6 Å². The Morgan fingerprint density at radius 2 is 1.95 bits per heavy atom. The molecule has 0 saturated heterocycles. The summed E-state index contributed by atoms with van der Waals surface area (Å²) in [5.74, 6) is -0.702. The van der Waals surface area contributed by atoms with Crippen LogP contribution >= 0.6 is 0 Å². The van der Waals surface area contributed by atoms with Crippen molar-refractivity contribution in [3.8, 4) is 17.2 Å². The number of ketones is 2. The maximum absolute atomic E-state index is 12.3. The van der Waals surface area contributed by atoms with Crippen molar-refractivity contribution < 1.29 is 24.2 Å². The van der Waals surface area contributed by atoms with E-state index >= 15 is 0 Å². The minimum absolute atomic E-state index is 0.0412. The van der Waals surface area contributed by atoms with E-state index in [2.05, 4.69) is 4.98 Å². The first kappa shape index (κ1) is 15.5. The van der Waals surface area contributed by atoms with Crippen molar-refractivity contribution in [1.29, 1.82) is 0 Å². The van der Waals surface area contributed by atoms with Crippen molar-refractivity contribution >= 4 is 11.6 Å². The fraction of sp³-hybridized carbons (Fsp3) is 0.188. The molecule has 0 unspecified atom stereocenters. The normalized spacial score (nSPS) is 10.1. The van der Waals surface area contributed by atoms with E-state index in [9.17, 15) is 14.7 Å². The predicted octanol–water partition coefficient (Wildman–Crippen LogP) is 2.26. The quantitative estimate of drug-likeness (QED) is 0.650. The Morgan fingerprint density at radius 3 is 2.55 bits per heavy atom. The van der Waals surface area contributed by atoms with E-state index in [-0.39, 0.29) is 29.3 Å². The number of carbonyl (C=O) groups excluding carboxylic acids is 2. The molecule has 22 heavy (non-hydrogen) atoms. The van der Waals surface area contributed by atoms with Gasteiger partial charge in [-0.15, -0.1) is 0 Å². The van der Waals surface area contributed by atoms with Crippen LogP contribution in [0.1, 0.15) is 27.1 Å². The Bertz CT molecular complexity index is 697. The summed E-state index contributed by atoms with van der Waals surface area (Å²) in [6.07, 6.45) is 2.54. The van der Waals surface area contributed by atoms with Crippen LogP contribution in [0.4, 0.5) is 0 Å². The fourth-order valence-corrected chi connectivity index (χ4v) is 2.00. The van der Waals surface area contributed by atoms with Crippen LogP contribution in [-0.2, 0) is 0 Å². The topological polar surface area (TPSA) is 85.7 Å². The van der Waals surface area contributed by atoms with Crippen molar-refractivity contribution in [3.63, 3.8) is 0 Å². The molecule has 6 nitrogen and oxygen atoms in total. The maximum atomic E-state index is 12.3. The summed E-state index contributed by atoms with van der Waals surface area (Å²) >= 11 is 0. The highest BCUT2D eigenvalue weighted by Crippen LogP contribution is 2.34. The van der Waals surface area contributed by atoms with Crippen LogP contribution in [0, 0.1) is 0 Å².